The fraction of sp³-hybridized carbons (Fsp3) is 0.536. The molecule has 0 saturated carbocycles. The second kappa shape index (κ2) is 112. The lowest BCUT2D eigenvalue weighted by molar-refractivity contribution is 1.01. The summed E-state index contributed by atoms with van der Waals surface area (Å²) in [6.45, 7) is 60.1. The van der Waals surface area contributed by atoms with Crippen molar-refractivity contribution in [1.82, 2.24) is 35.3 Å². The van der Waals surface area contributed by atoms with Gasteiger partial charge in [0.15, 0.2) is 0 Å². The zero-order valence-electron chi connectivity index (χ0n) is 48.1. The Balaban J connectivity index is -0.0000000464. The summed E-state index contributed by atoms with van der Waals surface area (Å²) in [6, 6.07) is 18.2. The van der Waals surface area contributed by atoms with Crippen molar-refractivity contribution < 1.29 is 0 Å². The van der Waals surface area contributed by atoms with Gasteiger partial charge in [0.25, 0.3) is 0 Å². The van der Waals surface area contributed by atoms with E-state index in [1.807, 2.05) is 243 Å². The van der Waals surface area contributed by atoms with E-state index < -0.39 is 0 Å². The molecule has 6 aromatic rings. The summed E-state index contributed by atoms with van der Waals surface area (Å²) in [5, 5.41) is 17.8. The number of benzene rings is 1. The number of pyridine rings is 1. The highest BCUT2D eigenvalue weighted by Gasteiger charge is 1.77. The monoisotopic (exact) mass is 914 g/mol. The van der Waals surface area contributed by atoms with Gasteiger partial charge in [0, 0.05) is 37.2 Å². The Morgan fingerprint density at radius 1 is 0.344 bits per heavy atom. The molecule has 0 saturated heterocycles. The summed E-state index contributed by atoms with van der Waals surface area (Å²) in [7, 11) is 0. The van der Waals surface area contributed by atoms with Gasteiger partial charge in [-0.1, -0.05) is 208 Å². The highest BCUT2D eigenvalue weighted by Crippen LogP contribution is 2.01. The molecule has 1 N–H and O–H groups in total. The largest absolute Gasteiger partial charge is 0.285 e. The summed E-state index contributed by atoms with van der Waals surface area (Å²) in [5.74, 6) is 0. The fourth-order valence-electron chi connectivity index (χ4n) is 2.36. The SMILES string of the molecule is CC.CC.CC.CC.CC.CC.CC.CC.CC.CC.CC.CC.Cc1ccccc1.Cc1cccnc1.Cc1ccnnc1.Cc1ccsc1.Cc1cn[nH]c1.Cc1cncnc1. The quantitative estimate of drug-likeness (QED) is 0.163. The van der Waals surface area contributed by atoms with E-state index >= 15 is 0 Å². The molecule has 0 unspecified atom stereocenters. The van der Waals surface area contributed by atoms with E-state index in [4.69, 9.17) is 0 Å². The van der Waals surface area contributed by atoms with Crippen LogP contribution in [-0.2, 0) is 0 Å². The molecule has 0 bridgehead atoms. The van der Waals surface area contributed by atoms with Gasteiger partial charge in [-0.25, -0.2) is 9.97 Å². The number of aromatic nitrogens is 7. The first-order valence-corrected chi connectivity index (χ1v) is 25.6. The normalized spacial score (nSPS) is 6.59. The number of nitrogens with zero attached hydrogens (tertiary/aromatic N) is 6. The molecule has 0 radical (unpaired) electrons. The second-order valence-corrected chi connectivity index (χ2v) is 9.38. The average Bonchev–Trinajstić information content (AvgIpc) is 4.11. The van der Waals surface area contributed by atoms with E-state index in [0.717, 1.165) is 11.1 Å². The van der Waals surface area contributed by atoms with E-state index in [9.17, 15) is 0 Å². The Morgan fingerprint density at radius 3 is 0.922 bits per heavy atom. The minimum atomic E-state index is 1.10. The van der Waals surface area contributed by atoms with Gasteiger partial charge in [-0.05, 0) is 98.3 Å². The van der Waals surface area contributed by atoms with Crippen LogP contribution in [0.25, 0.3) is 0 Å². The van der Waals surface area contributed by atoms with Crippen LogP contribution in [0.4, 0.5) is 0 Å². The van der Waals surface area contributed by atoms with Gasteiger partial charge < -0.3 is 0 Å². The lowest BCUT2D eigenvalue weighted by Gasteiger charge is -1.82. The number of aromatic amines is 1. The number of H-pyrrole nitrogens is 1. The van der Waals surface area contributed by atoms with Crippen molar-refractivity contribution in [3.63, 3.8) is 0 Å². The maximum Gasteiger partial charge on any atom is 0.115 e. The average molecular weight is 915 g/mol. The Bertz CT molecular complexity index is 1140. The Morgan fingerprint density at radius 2 is 0.766 bits per heavy atom. The molecule has 0 aliphatic rings. The lowest BCUT2D eigenvalue weighted by atomic mass is 10.2. The van der Waals surface area contributed by atoms with E-state index in [1.54, 1.807) is 48.5 Å². The topological polar surface area (TPSA) is 93.1 Å². The molecular weight excluding hydrogens is 803 g/mol. The zero-order valence-corrected chi connectivity index (χ0v) is 49.0. The third-order valence-corrected chi connectivity index (χ3v) is 5.27. The van der Waals surface area contributed by atoms with E-state index in [-0.39, 0.29) is 0 Å². The molecule has 8 heteroatoms. The predicted molar refractivity (Wildman–Crippen MR) is 302 cm³/mol. The molecule has 5 heterocycles. The van der Waals surface area contributed by atoms with Crippen LogP contribution in [-0.4, -0.2) is 35.3 Å². The summed E-state index contributed by atoms with van der Waals surface area (Å²) in [4.78, 5) is 11.4. The van der Waals surface area contributed by atoms with Crippen molar-refractivity contribution in [2.75, 3.05) is 0 Å². The van der Waals surface area contributed by atoms with E-state index in [0.29, 0.717) is 0 Å². The Kier molecular flexibility index (Phi) is 158. The van der Waals surface area contributed by atoms with Gasteiger partial charge in [0.1, 0.15) is 6.33 Å². The number of nitrogens with one attached hydrogen (secondary N) is 1. The van der Waals surface area contributed by atoms with E-state index in [1.165, 1.54) is 28.6 Å². The molecule has 6 rings (SSSR count). The van der Waals surface area contributed by atoms with Gasteiger partial charge in [0.05, 0.1) is 12.4 Å². The van der Waals surface area contributed by atoms with Crippen molar-refractivity contribution >= 4 is 11.3 Å². The third-order valence-electron chi connectivity index (χ3n) is 4.47. The summed E-state index contributed by atoms with van der Waals surface area (Å²) in [5.41, 5.74) is 7.32. The molecule has 0 atom stereocenters. The minimum absolute atomic E-state index is 1.10. The molecule has 0 aliphatic carbocycles. The van der Waals surface area contributed by atoms with Crippen LogP contribution in [0.3, 0.4) is 0 Å². The first-order valence-electron chi connectivity index (χ1n) is 24.6. The Labute approximate surface area is 407 Å². The highest BCUT2D eigenvalue weighted by molar-refractivity contribution is 7.07. The molecule has 0 spiro atoms. The molecule has 1 aromatic carbocycles. The van der Waals surface area contributed by atoms with Crippen LogP contribution in [0.2, 0.25) is 0 Å². The number of aryl methyl sites for hydroxylation is 6. The first kappa shape index (κ1) is 90.2. The van der Waals surface area contributed by atoms with E-state index in [2.05, 4.69) is 78.2 Å². The van der Waals surface area contributed by atoms with Crippen molar-refractivity contribution in [1.29, 1.82) is 0 Å². The van der Waals surface area contributed by atoms with Crippen LogP contribution >= 0.6 is 11.3 Å². The van der Waals surface area contributed by atoms with Crippen LogP contribution in [0.1, 0.15) is 200 Å². The van der Waals surface area contributed by atoms with Crippen molar-refractivity contribution in [2.45, 2.75) is 208 Å². The van der Waals surface area contributed by atoms with Gasteiger partial charge in [-0.2, -0.15) is 26.6 Å². The fourth-order valence-corrected chi connectivity index (χ4v) is 3.03. The molecule has 0 fully saturated rings. The van der Waals surface area contributed by atoms with Crippen LogP contribution < -0.4 is 0 Å². The third kappa shape index (κ3) is 107. The number of thiophene rings is 1. The molecule has 0 aliphatic heterocycles. The van der Waals surface area contributed by atoms with Crippen molar-refractivity contribution in [3.8, 4) is 0 Å². The summed E-state index contributed by atoms with van der Waals surface area (Å²) >= 11 is 1.74. The maximum absolute atomic E-state index is 3.88. The first-order chi connectivity index (χ1) is 31.4. The summed E-state index contributed by atoms with van der Waals surface area (Å²) in [6.07, 6.45) is 15.7. The smallest absolute Gasteiger partial charge is 0.115 e. The van der Waals surface area contributed by atoms with Crippen LogP contribution in [0.15, 0.2) is 121 Å². The predicted octanol–water partition coefficient (Wildman–Crippen LogP) is 20.0. The Hall–Kier alpha value is -4.56. The zero-order chi connectivity index (χ0) is 53.3. The number of rotatable bonds is 0. The minimum Gasteiger partial charge on any atom is -0.285 e. The maximum atomic E-state index is 3.88. The summed E-state index contributed by atoms with van der Waals surface area (Å²) < 4.78 is 0. The molecular formula is C56H111N7S. The number of hydrogen-bond acceptors (Lipinski definition) is 7. The molecule has 376 valence electrons. The van der Waals surface area contributed by atoms with Gasteiger partial charge in [-0.3, -0.25) is 10.1 Å². The standard InChI is InChI=1S/C7H8.C6H7N.2C5H6N2.C5H6S.C4H6N2.12C2H6/c1-7-5-3-2-4-6-7;1-6-3-2-4-7-5-6;1-5-2-6-4-7-3-5;1-5-2-3-6-7-4-5;1-5-2-3-6-4-5;1-4-2-5-6-3-4;12*1-2/h2-6H,1H3;2-5H,1H3;2*2-4H,1H3;2-4H,1H3;2-3H,1H3,(H,5,6);12*1-2H3. The van der Waals surface area contributed by atoms with Gasteiger partial charge in [0.2, 0.25) is 0 Å². The van der Waals surface area contributed by atoms with Crippen LogP contribution in [0.5, 0.6) is 0 Å². The lowest BCUT2D eigenvalue weighted by Crippen LogP contribution is -1.76. The van der Waals surface area contributed by atoms with Gasteiger partial charge >= 0.3 is 0 Å². The van der Waals surface area contributed by atoms with Crippen molar-refractivity contribution in [3.05, 3.63) is 155 Å². The highest BCUT2D eigenvalue weighted by atomic mass is 32.1. The molecule has 5 aromatic heterocycles. The molecule has 7 nitrogen and oxygen atoms in total. The van der Waals surface area contributed by atoms with Gasteiger partial charge in [-0.15, -0.1) is 0 Å². The van der Waals surface area contributed by atoms with Crippen molar-refractivity contribution in [2.24, 2.45) is 0 Å². The van der Waals surface area contributed by atoms with Crippen LogP contribution in [0, 0.1) is 41.5 Å². The second-order valence-electron chi connectivity index (χ2n) is 8.60. The number of hydrogen-bond donors (Lipinski definition) is 1. The molecule has 0 amide bonds. The molecule has 64 heavy (non-hydrogen) atoms.